The third-order valence-electron chi connectivity index (χ3n) is 3.63. The maximum Gasteiger partial charge on any atom is 0.108 e. The van der Waals surface area contributed by atoms with Gasteiger partial charge in [0.1, 0.15) is 8.07 Å². The average molecular weight is 226 g/mol. The second kappa shape index (κ2) is 3.91. The van der Waals surface area contributed by atoms with Crippen molar-refractivity contribution < 1.29 is 0 Å². The number of hydrogen-bond donors (Lipinski definition) is 0. The number of allylic oxidation sites excluding steroid dienone is 5. The van der Waals surface area contributed by atoms with Crippen LogP contribution in [-0.2, 0) is 0 Å². The predicted octanol–water partition coefficient (Wildman–Crippen LogP) is 3.67. The van der Waals surface area contributed by atoms with E-state index in [0.29, 0.717) is 0 Å². The van der Waals surface area contributed by atoms with E-state index in [0.717, 1.165) is 0 Å². The Kier molecular flexibility index (Phi) is 2.72. The van der Waals surface area contributed by atoms with Gasteiger partial charge in [0, 0.05) is 0 Å². The fourth-order valence-corrected chi connectivity index (χ4v) is 5.08. The molecule has 0 saturated carbocycles. The molecule has 82 valence electrons. The van der Waals surface area contributed by atoms with Crippen molar-refractivity contribution in [3.8, 4) is 0 Å². The van der Waals surface area contributed by atoms with E-state index in [9.17, 15) is 0 Å². The van der Waals surface area contributed by atoms with Gasteiger partial charge in [0.2, 0.25) is 0 Å². The highest BCUT2D eigenvalue weighted by Gasteiger charge is 2.35. The first-order valence-electron chi connectivity index (χ1n) is 5.69. The molecule has 16 heavy (non-hydrogen) atoms. The quantitative estimate of drug-likeness (QED) is 0.533. The van der Waals surface area contributed by atoms with Crippen LogP contribution >= 0.6 is 0 Å². The van der Waals surface area contributed by atoms with Crippen LogP contribution in [0.3, 0.4) is 0 Å². The van der Waals surface area contributed by atoms with Crippen LogP contribution in [0.5, 0.6) is 0 Å². The Morgan fingerprint density at radius 2 is 1.88 bits per heavy atom. The molecule has 0 radical (unpaired) electrons. The van der Waals surface area contributed by atoms with Crippen molar-refractivity contribution in [1.29, 1.82) is 0 Å². The molecule has 0 unspecified atom stereocenters. The molecule has 1 aromatic rings. The molecule has 0 amide bonds. The lowest BCUT2D eigenvalue weighted by atomic mass is 10.1. The van der Waals surface area contributed by atoms with E-state index in [2.05, 4.69) is 56.9 Å². The molecule has 0 nitrogen and oxygen atoms in total. The van der Waals surface area contributed by atoms with Gasteiger partial charge in [-0.25, -0.2) is 0 Å². The van der Waals surface area contributed by atoms with Crippen LogP contribution in [0.25, 0.3) is 5.57 Å². The maximum atomic E-state index is 3.74. The largest absolute Gasteiger partial charge is 0.108 e. The number of rotatable bonds is 2. The van der Waals surface area contributed by atoms with Crippen molar-refractivity contribution in [2.45, 2.75) is 20.0 Å². The topological polar surface area (TPSA) is 0 Å². The van der Waals surface area contributed by atoms with E-state index in [-0.39, 0.29) is 0 Å². The smallest absolute Gasteiger partial charge is 0.0991 e. The maximum absolute atomic E-state index is 3.74. The van der Waals surface area contributed by atoms with Crippen LogP contribution in [0, 0.1) is 0 Å². The molecule has 0 aromatic heterocycles. The normalized spacial score (nSPS) is 17.9. The van der Waals surface area contributed by atoms with E-state index < -0.39 is 8.07 Å². The van der Waals surface area contributed by atoms with Crippen LogP contribution in [0.2, 0.25) is 13.1 Å². The van der Waals surface area contributed by atoms with Crippen molar-refractivity contribution in [1.82, 2.24) is 0 Å². The minimum atomic E-state index is -1.38. The van der Waals surface area contributed by atoms with Gasteiger partial charge in [-0.1, -0.05) is 67.4 Å². The molecular formula is C15H18Si. The monoisotopic (exact) mass is 226 g/mol. The number of hydrogen-bond acceptors (Lipinski definition) is 0. The van der Waals surface area contributed by atoms with E-state index >= 15 is 0 Å². The Balaban J connectivity index is 2.64. The molecule has 1 aromatic carbocycles. The number of benzene rings is 1. The summed E-state index contributed by atoms with van der Waals surface area (Å²) in [5.41, 5.74) is 2.84. The zero-order valence-corrected chi connectivity index (χ0v) is 11.2. The molecule has 2 rings (SSSR count). The van der Waals surface area contributed by atoms with E-state index in [1.54, 1.807) is 10.4 Å². The van der Waals surface area contributed by atoms with Crippen LogP contribution in [0.4, 0.5) is 0 Å². The van der Waals surface area contributed by atoms with Gasteiger partial charge in [-0.2, -0.15) is 0 Å². The summed E-state index contributed by atoms with van der Waals surface area (Å²) in [6.07, 6.45) is 6.07. The molecular weight excluding hydrogens is 208 g/mol. The third-order valence-corrected chi connectivity index (χ3v) is 7.56. The first-order chi connectivity index (χ1) is 7.59. The van der Waals surface area contributed by atoms with Crippen LogP contribution in [0.15, 0.2) is 54.3 Å². The molecule has 0 N–H and O–H groups in total. The van der Waals surface area contributed by atoms with Crippen LogP contribution < -0.4 is 5.19 Å². The minimum Gasteiger partial charge on any atom is -0.0991 e. The van der Waals surface area contributed by atoms with Crippen LogP contribution in [0.1, 0.15) is 12.5 Å². The molecule has 1 aliphatic heterocycles. The standard InChI is InChI=1S/C15H18Si/c1-5-6-9-13-12(2)16(3,4)15-11-8-7-10-14(13)15/h5-11H,1H2,2-4H3/b9-6-. The summed E-state index contributed by atoms with van der Waals surface area (Å²) in [6.45, 7) is 10.9. The highest BCUT2D eigenvalue weighted by Crippen LogP contribution is 2.33. The van der Waals surface area contributed by atoms with Gasteiger partial charge in [-0.15, -0.1) is 0 Å². The second-order valence-electron chi connectivity index (χ2n) is 4.80. The lowest BCUT2D eigenvalue weighted by Gasteiger charge is -2.19. The summed E-state index contributed by atoms with van der Waals surface area (Å²) in [5, 5.41) is 3.14. The average Bonchev–Trinajstić information content (AvgIpc) is 2.47. The lowest BCUT2D eigenvalue weighted by molar-refractivity contribution is 1.60. The fraction of sp³-hybridized carbons (Fsp3) is 0.200. The van der Waals surface area contributed by atoms with E-state index in [1.165, 1.54) is 11.1 Å². The van der Waals surface area contributed by atoms with Gasteiger partial charge in [0.25, 0.3) is 0 Å². The third kappa shape index (κ3) is 1.52. The summed E-state index contributed by atoms with van der Waals surface area (Å²) < 4.78 is 0. The van der Waals surface area contributed by atoms with Crippen molar-refractivity contribution in [2.75, 3.05) is 0 Å². The van der Waals surface area contributed by atoms with E-state index in [1.807, 2.05) is 12.2 Å². The molecule has 0 atom stereocenters. The summed E-state index contributed by atoms with van der Waals surface area (Å²) >= 11 is 0. The molecule has 1 aliphatic rings. The molecule has 0 bridgehead atoms. The Bertz CT molecular complexity index is 490. The molecule has 0 spiro atoms. The highest BCUT2D eigenvalue weighted by atomic mass is 28.3. The van der Waals surface area contributed by atoms with Crippen LogP contribution in [-0.4, -0.2) is 8.07 Å². The van der Waals surface area contributed by atoms with Crippen molar-refractivity contribution >= 4 is 18.8 Å². The van der Waals surface area contributed by atoms with Gasteiger partial charge < -0.3 is 0 Å². The Labute approximate surface area is 99.0 Å². The van der Waals surface area contributed by atoms with Crippen molar-refractivity contribution in [3.63, 3.8) is 0 Å². The summed E-state index contributed by atoms with van der Waals surface area (Å²) in [6, 6.07) is 8.81. The van der Waals surface area contributed by atoms with Gasteiger partial charge >= 0.3 is 0 Å². The molecule has 0 aliphatic carbocycles. The molecule has 0 saturated heterocycles. The highest BCUT2D eigenvalue weighted by molar-refractivity contribution is 6.98. The van der Waals surface area contributed by atoms with Crippen molar-refractivity contribution in [3.05, 3.63) is 59.8 Å². The van der Waals surface area contributed by atoms with Crippen molar-refractivity contribution in [2.24, 2.45) is 0 Å². The summed E-state index contributed by atoms with van der Waals surface area (Å²) in [4.78, 5) is 0. The van der Waals surface area contributed by atoms with Gasteiger partial charge in [0.05, 0.1) is 0 Å². The Morgan fingerprint density at radius 1 is 1.19 bits per heavy atom. The second-order valence-corrected chi connectivity index (χ2v) is 9.34. The predicted molar refractivity (Wildman–Crippen MR) is 75.5 cm³/mol. The van der Waals surface area contributed by atoms with Gasteiger partial charge in [-0.3, -0.25) is 0 Å². The first-order valence-corrected chi connectivity index (χ1v) is 8.69. The summed E-state index contributed by atoms with van der Waals surface area (Å²) in [7, 11) is -1.38. The minimum absolute atomic E-state index is 1.38. The van der Waals surface area contributed by atoms with Gasteiger partial charge in [-0.05, 0) is 23.2 Å². The SMILES string of the molecule is C=C/C=C\C1=C(C)[Si](C)(C)c2ccccc21. The first kappa shape index (κ1) is 11.2. The molecule has 1 heterocycles. The summed E-state index contributed by atoms with van der Waals surface area (Å²) in [5.74, 6) is 0. The number of fused-ring (bicyclic) bond motifs is 1. The van der Waals surface area contributed by atoms with Gasteiger partial charge in [0.15, 0.2) is 0 Å². The van der Waals surface area contributed by atoms with E-state index in [4.69, 9.17) is 0 Å². The fourth-order valence-electron chi connectivity index (χ4n) is 2.38. The Hall–Kier alpha value is -1.34. The molecule has 0 fully saturated rings. The molecule has 1 heteroatoms. The Morgan fingerprint density at radius 3 is 2.56 bits per heavy atom. The lowest BCUT2D eigenvalue weighted by Crippen LogP contribution is -2.40. The zero-order chi connectivity index (χ0) is 11.8. The zero-order valence-electron chi connectivity index (χ0n) is 10.2.